The summed E-state index contributed by atoms with van der Waals surface area (Å²) in [5.74, 6) is -0.336. The first kappa shape index (κ1) is 11.8. The van der Waals surface area contributed by atoms with Crippen molar-refractivity contribution in [2.24, 2.45) is 0 Å². The predicted molar refractivity (Wildman–Crippen MR) is 65.0 cm³/mol. The average molecular weight is 248 g/mol. The SMILES string of the molecule is Nc1ccc([N+](=O)[O-])c(Nc2cccc(F)c2)n1. The molecule has 92 valence electrons. The molecule has 0 unspecified atom stereocenters. The maximum absolute atomic E-state index is 13.0. The summed E-state index contributed by atoms with van der Waals surface area (Å²) in [6.07, 6.45) is 0. The van der Waals surface area contributed by atoms with Crippen LogP contribution >= 0.6 is 0 Å². The number of nitro groups is 1. The van der Waals surface area contributed by atoms with E-state index in [0.717, 1.165) is 0 Å². The monoisotopic (exact) mass is 248 g/mol. The smallest absolute Gasteiger partial charge is 0.311 e. The van der Waals surface area contributed by atoms with Crippen LogP contribution in [0, 0.1) is 15.9 Å². The number of hydrogen-bond acceptors (Lipinski definition) is 5. The summed E-state index contributed by atoms with van der Waals surface area (Å²) < 4.78 is 13.0. The normalized spacial score (nSPS) is 10.1. The first-order chi connectivity index (χ1) is 8.56. The summed E-state index contributed by atoms with van der Waals surface area (Å²) >= 11 is 0. The van der Waals surface area contributed by atoms with E-state index < -0.39 is 10.7 Å². The van der Waals surface area contributed by atoms with Crippen LogP contribution in [-0.4, -0.2) is 9.91 Å². The molecule has 7 heteroatoms. The highest BCUT2D eigenvalue weighted by molar-refractivity contribution is 5.67. The highest BCUT2D eigenvalue weighted by Crippen LogP contribution is 2.26. The van der Waals surface area contributed by atoms with Gasteiger partial charge in [-0.05, 0) is 24.3 Å². The number of nitrogen functional groups attached to an aromatic ring is 1. The van der Waals surface area contributed by atoms with Gasteiger partial charge in [0.15, 0.2) is 0 Å². The van der Waals surface area contributed by atoms with Crippen molar-refractivity contribution >= 4 is 23.0 Å². The van der Waals surface area contributed by atoms with Crippen LogP contribution in [0.25, 0.3) is 0 Å². The lowest BCUT2D eigenvalue weighted by Gasteiger charge is -2.06. The predicted octanol–water partition coefficient (Wildman–Crippen LogP) is 2.45. The second-order valence-electron chi connectivity index (χ2n) is 3.50. The third kappa shape index (κ3) is 2.51. The van der Waals surface area contributed by atoms with Crippen molar-refractivity contribution in [3.63, 3.8) is 0 Å². The van der Waals surface area contributed by atoms with Crippen molar-refractivity contribution in [3.8, 4) is 0 Å². The summed E-state index contributed by atoms with van der Waals surface area (Å²) in [4.78, 5) is 14.0. The van der Waals surface area contributed by atoms with E-state index in [4.69, 9.17) is 5.73 Å². The van der Waals surface area contributed by atoms with Crippen molar-refractivity contribution in [2.45, 2.75) is 0 Å². The second-order valence-corrected chi connectivity index (χ2v) is 3.50. The lowest BCUT2D eigenvalue weighted by molar-refractivity contribution is -0.384. The van der Waals surface area contributed by atoms with Crippen molar-refractivity contribution in [3.05, 3.63) is 52.3 Å². The molecule has 1 aromatic carbocycles. The Balaban J connectivity index is 2.39. The van der Waals surface area contributed by atoms with E-state index >= 15 is 0 Å². The molecule has 0 fully saturated rings. The number of halogens is 1. The third-order valence-electron chi connectivity index (χ3n) is 2.18. The van der Waals surface area contributed by atoms with E-state index in [9.17, 15) is 14.5 Å². The minimum absolute atomic E-state index is 0.0226. The fraction of sp³-hybridized carbons (Fsp3) is 0. The van der Waals surface area contributed by atoms with Gasteiger partial charge < -0.3 is 11.1 Å². The van der Waals surface area contributed by atoms with Crippen LogP contribution in [0.1, 0.15) is 0 Å². The zero-order valence-electron chi connectivity index (χ0n) is 9.13. The first-order valence-electron chi connectivity index (χ1n) is 5.00. The number of nitrogens with two attached hydrogens (primary N) is 1. The molecule has 0 spiro atoms. The molecule has 0 saturated carbocycles. The lowest BCUT2D eigenvalue weighted by atomic mass is 10.3. The van der Waals surface area contributed by atoms with Gasteiger partial charge in [0.1, 0.15) is 11.6 Å². The molecule has 6 nitrogen and oxygen atoms in total. The van der Waals surface area contributed by atoms with Crippen LogP contribution in [0.2, 0.25) is 0 Å². The van der Waals surface area contributed by atoms with Crippen LogP contribution < -0.4 is 11.1 Å². The zero-order valence-corrected chi connectivity index (χ0v) is 9.13. The van der Waals surface area contributed by atoms with Crippen LogP contribution in [0.3, 0.4) is 0 Å². The molecule has 2 rings (SSSR count). The Labute approximate surface area is 101 Å². The summed E-state index contributed by atoms with van der Waals surface area (Å²) in [6, 6.07) is 8.09. The Morgan fingerprint density at radius 1 is 1.33 bits per heavy atom. The Hall–Kier alpha value is -2.70. The number of hydrogen-bond donors (Lipinski definition) is 2. The van der Waals surface area contributed by atoms with Gasteiger partial charge in [-0.15, -0.1) is 0 Å². The number of nitrogens with one attached hydrogen (secondary N) is 1. The molecular formula is C11H9FN4O2. The number of benzene rings is 1. The van der Waals surface area contributed by atoms with Gasteiger partial charge in [0.2, 0.25) is 5.82 Å². The average Bonchev–Trinajstić information content (AvgIpc) is 2.28. The van der Waals surface area contributed by atoms with E-state index in [-0.39, 0.29) is 17.3 Å². The Bertz CT molecular complexity index is 603. The molecule has 18 heavy (non-hydrogen) atoms. The fourth-order valence-electron chi connectivity index (χ4n) is 1.41. The molecule has 0 radical (unpaired) electrons. The quantitative estimate of drug-likeness (QED) is 0.642. The van der Waals surface area contributed by atoms with E-state index in [0.29, 0.717) is 5.69 Å². The first-order valence-corrected chi connectivity index (χ1v) is 5.00. The lowest BCUT2D eigenvalue weighted by Crippen LogP contribution is -2.02. The molecule has 0 saturated heterocycles. The number of pyridine rings is 1. The highest BCUT2D eigenvalue weighted by atomic mass is 19.1. The van der Waals surface area contributed by atoms with Gasteiger partial charge >= 0.3 is 5.69 Å². The Morgan fingerprint density at radius 2 is 2.11 bits per heavy atom. The van der Waals surface area contributed by atoms with Crippen molar-refractivity contribution in [1.29, 1.82) is 0 Å². The zero-order chi connectivity index (χ0) is 13.1. The van der Waals surface area contributed by atoms with Crippen molar-refractivity contribution < 1.29 is 9.31 Å². The molecule has 1 heterocycles. The van der Waals surface area contributed by atoms with Crippen LogP contribution in [0.4, 0.5) is 27.4 Å². The molecule has 0 aliphatic carbocycles. The summed E-state index contributed by atoms with van der Waals surface area (Å²) in [6.45, 7) is 0. The maximum Gasteiger partial charge on any atom is 0.311 e. The second kappa shape index (κ2) is 4.66. The largest absolute Gasteiger partial charge is 0.384 e. The molecule has 2 aromatic rings. The number of anilines is 3. The van der Waals surface area contributed by atoms with Gasteiger partial charge in [-0.25, -0.2) is 9.37 Å². The van der Waals surface area contributed by atoms with Gasteiger partial charge in [0.05, 0.1) is 4.92 Å². The molecule has 0 bridgehead atoms. The van der Waals surface area contributed by atoms with Crippen molar-refractivity contribution in [2.75, 3.05) is 11.1 Å². The fourth-order valence-corrected chi connectivity index (χ4v) is 1.41. The number of nitrogens with zero attached hydrogens (tertiary/aromatic N) is 2. The van der Waals surface area contributed by atoms with Crippen molar-refractivity contribution in [1.82, 2.24) is 4.98 Å². The summed E-state index contributed by atoms with van der Waals surface area (Å²) in [5.41, 5.74) is 5.59. The number of aromatic nitrogens is 1. The standard InChI is InChI=1S/C11H9FN4O2/c12-7-2-1-3-8(6-7)14-11-9(16(17)18)4-5-10(13)15-11/h1-6H,(H3,13,14,15). The molecular weight excluding hydrogens is 239 g/mol. The van der Waals surface area contributed by atoms with Gasteiger partial charge in [0.25, 0.3) is 0 Å². The summed E-state index contributed by atoms with van der Waals surface area (Å²) in [7, 11) is 0. The number of rotatable bonds is 3. The molecule has 3 N–H and O–H groups in total. The molecule has 0 aliphatic rings. The minimum atomic E-state index is -0.589. The van der Waals surface area contributed by atoms with Gasteiger partial charge in [-0.3, -0.25) is 10.1 Å². The molecule has 1 aromatic heterocycles. The van der Waals surface area contributed by atoms with E-state index in [1.54, 1.807) is 6.07 Å². The Kier molecular flexibility index (Phi) is 3.05. The van der Waals surface area contributed by atoms with Gasteiger partial charge in [-0.1, -0.05) is 6.07 Å². The molecule has 0 aliphatic heterocycles. The highest BCUT2D eigenvalue weighted by Gasteiger charge is 2.15. The van der Waals surface area contributed by atoms with Gasteiger partial charge in [-0.2, -0.15) is 0 Å². The van der Waals surface area contributed by atoms with Crippen LogP contribution in [0.15, 0.2) is 36.4 Å². The minimum Gasteiger partial charge on any atom is -0.384 e. The Morgan fingerprint density at radius 3 is 2.78 bits per heavy atom. The third-order valence-corrected chi connectivity index (χ3v) is 2.18. The van der Waals surface area contributed by atoms with E-state index in [1.807, 2.05) is 0 Å². The maximum atomic E-state index is 13.0. The molecule has 0 atom stereocenters. The van der Waals surface area contributed by atoms with Gasteiger partial charge in [0, 0.05) is 11.8 Å². The topological polar surface area (TPSA) is 94.1 Å². The van der Waals surface area contributed by atoms with Crippen LogP contribution in [-0.2, 0) is 0 Å². The van der Waals surface area contributed by atoms with Crippen LogP contribution in [0.5, 0.6) is 0 Å². The van der Waals surface area contributed by atoms with E-state index in [1.165, 1.54) is 30.3 Å². The molecule has 0 amide bonds. The van der Waals surface area contributed by atoms with E-state index in [2.05, 4.69) is 10.3 Å². The summed E-state index contributed by atoms with van der Waals surface area (Å²) in [5, 5.41) is 13.5.